The highest BCUT2D eigenvalue weighted by molar-refractivity contribution is 6.39. The summed E-state index contributed by atoms with van der Waals surface area (Å²) < 4.78 is 33.1. The summed E-state index contributed by atoms with van der Waals surface area (Å²) in [6.07, 6.45) is 7.33. The summed E-state index contributed by atoms with van der Waals surface area (Å²) in [6, 6.07) is 6.22. The van der Waals surface area contributed by atoms with Crippen molar-refractivity contribution in [3.63, 3.8) is 0 Å². The number of aromatic nitrogens is 1. The lowest BCUT2D eigenvalue weighted by Crippen LogP contribution is -2.62. The molecule has 3 saturated heterocycles. The summed E-state index contributed by atoms with van der Waals surface area (Å²) in [5.74, 6) is -5.87. The number of methoxy groups -OCH3 is 2. The smallest absolute Gasteiger partial charge is 0.329 e. The van der Waals surface area contributed by atoms with Crippen molar-refractivity contribution in [1.82, 2.24) is 14.8 Å². The molecule has 384 valence electrons. The number of primary amides is 1. The molecular weight excluding hydrogens is 885 g/mol. The second-order valence-electron chi connectivity index (χ2n) is 20.9. The van der Waals surface area contributed by atoms with Gasteiger partial charge in [-0.25, -0.2) is 9.59 Å². The number of piperidine rings is 1. The van der Waals surface area contributed by atoms with Gasteiger partial charge in [0.15, 0.2) is 0 Å². The summed E-state index contributed by atoms with van der Waals surface area (Å²) >= 11 is 0. The third kappa shape index (κ3) is 13.1. The lowest BCUT2D eigenvalue weighted by molar-refractivity contribution is -0.287. The first-order chi connectivity index (χ1) is 32.9. The van der Waals surface area contributed by atoms with Crippen LogP contribution < -0.4 is 15.8 Å². The van der Waals surface area contributed by atoms with Crippen molar-refractivity contribution in [1.29, 1.82) is 0 Å². The second-order valence-corrected chi connectivity index (χ2v) is 20.9. The van der Waals surface area contributed by atoms with Gasteiger partial charge in [0.2, 0.25) is 5.79 Å². The van der Waals surface area contributed by atoms with Crippen LogP contribution in [0.2, 0.25) is 0 Å². The van der Waals surface area contributed by atoms with Gasteiger partial charge in [0.1, 0.15) is 29.8 Å². The molecule has 2 aromatic rings. The number of Topliss-reactive ketones (excluding diaryl/α,β-unsaturated/α-hetero) is 2. The van der Waals surface area contributed by atoms with Crippen LogP contribution in [0.15, 0.2) is 42.1 Å². The Morgan fingerprint density at radius 2 is 1.68 bits per heavy atom. The van der Waals surface area contributed by atoms with E-state index in [1.165, 1.54) is 4.90 Å². The minimum absolute atomic E-state index is 0.00590. The number of benzene rings is 1. The van der Waals surface area contributed by atoms with Crippen LogP contribution in [0, 0.1) is 35.5 Å². The molecule has 4 fully saturated rings. The van der Waals surface area contributed by atoms with Gasteiger partial charge in [-0.05, 0) is 132 Å². The predicted octanol–water partition coefficient (Wildman–Crippen LogP) is 6.64. The van der Waals surface area contributed by atoms with E-state index in [0.717, 1.165) is 23.7 Å². The minimum atomic E-state index is -2.41. The Labute approximate surface area is 408 Å². The van der Waals surface area contributed by atoms with Gasteiger partial charge in [-0.2, -0.15) is 0 Å². The lowest BCUT2D eigenvalue weighted by atomic mass is 9.80. The molecule has 16 nitrogen and oxygen atoms in total. The number of ether oxygens (including phenoxy) is 5. The van der Waals surface area contributed by atoms with Crippen LogP contribution in [0.3, 0.4) is 0 Å². The van der Waals surface area contributed by atoms with Crippen molar-refractivity contribution in [3.8, 4) is 5.75 Å². The van der Waals surface area contributed by atoms with Crippen LogP contribution in [0.25, 0.3) is 10.9 Å². The number of aliphatic hydroxyl groups is 2. The van der Waals surface area contributed by atoms with Crippen molar-refractivity contribution < 1.29 is 57.9 Å². The number of rotatable bonds is 10. The fourth-order valence-corrected chi connectivity index (χ4v) is 11.6. The van der Waals surface area contributed by atoms with Crippen molar-refractivity contribution in [3.05, 3.63) is 42.1 Å². The summed E-state index contributed by atoms with van der Waals surface area (Å²) in [7, 11) is 3.24. The molecule has 3 aliphatic heterocycles. The zero-order chi connectivity index (χ0) is 50.2. The predicted molar refractivity (Wildman–Crippen MR) is 260 cm³/mol. The zero-order valence-electron chi connectivity index (χ0n) is 42.2. The Morgan fingerprint density at radius 1 is 0.928 bits per heavy atom. The number of fused-ring (bicyclic) bond motifs is 4. The average Bonchev–Trinajstić information content (AvgIpc) is 3.73. The highest BCUT2D eigenvalue weighted by Gasteiger charge is 2.55. The summed E-state index contributed by atoms with van der Waals surface area (Å²) in [5, 5.41) is 27.5. The molecule has 16 heteroatoms. The van der Waals surface area contributed by atoms with E-state index in [-0.39, 0.29) is 61.0 Å². The normalized spacial score (nSPS) is 35.2. The minimum Gasteiger partial charge on any atom is -0.488 e. The molecule has 1 unspecified atom stereocenters. The van der Waals surface area contributed by atoms with E-state index in [1.54, 1.807) is 28.1 Å². The molecule has 0 spiro atoms. The fourth-order valence-electron chi connectivity index (χ4n) is 11.6. The van der Waals surface area contributed by atoms with Crippen LogP contribution in [-0.2, 0) is 44.7 Å². The fraction of sp³-hybridized carbons (Fsp3) is 0.717. The Bertz CT molecular complexity index is 2130. The molecule has 69 heavy (non-hydrogen) atoms. The number of hydrogen-bond donors (Lipinski definition) is 4. The number of allylic oxidation sites excluding steroid dienone is 1. The number of ketones is 2. The number of nitrogens with zero attached hydrogens (tertiary/aromatic N) is 2. The third-order valence-corrected chi connectivity index (χ3v) is 15.7. The third-order valence-electron chi connectivity index (χ3n) is 15.7. The van der Waals surface area contributed by atoms with Gasteiger partial charge in [-0.15, -0.1) is 0 Å². The molecular formula is C53H80N4O12. The largest absolute Gasteiger partial charge is 0.488 e. The van der Waals surface area contributed by atoms with Gasteiger partial charge in [-0.3, -0.25) is 14.4 Å². The average molecular weight is 965 g/mol. The zero-order valence-corrected chi connectivity index (χ0v) is 42.2. The quantitative estimate of drug-likeness (QED) is 0.112. The van der Waals surface area contributed by atoms with E-state index in [1.807, 2.05) is 48.9 Å². The number of nitrogens with one attached hydrogen (secondary N) is 1. The number of esters is 1. The van der Waals surface area contributed by atoms with Crippen LogP contribution in [0.1, 0.15) is 125 Å². The molecule has 3 amide bonds. The molecule has 1 aromatic carbocycles. The molecule has 4 heterocycles. The van der Waals surface area contributed by atoms with Gasteiger partial charge in [0.25, 0.3) is 11.7 Å². The number of amides is 3. The van der Waals surface area contributed by atoms with Crippen LogP contribution in [0.5, 0.6) is 5.75 Å². The molecule has 6 rings (SSSR count). The Morgan fingerprint density at radius 3 is 2.39 bits per heavy atom. The maximum atomic E-state index is 14.5. The first-order valence-electron chi connectivity index (χ1n) is 25.6. The van der Waals surface area contributed by atoms with E-state index < -0.39 is 71.8 Å². The molecule has 5 N–H and O–H groups in total. The number of aliphatic hydroxyl groups excluding tert-OH is 1. The molecule has 1 saturated carbocycles. The van der Waals surface area contributed by atoms with E-state index in [9.17, 15) is 34.2 Å². The SMILES string of the molecule is CC[C@@H]1CC(C)C[C@H](C)CC[C@H]2O[C@@](O)(C(=O)C(=O)N3CCCC[C@H]3C(=O)O[C@H](/C(C)=C/[C@@H]3CC[C@@H](Oc4ccc5c(ccn5CCNC(N)=O)c4)[C@H](OC)C3)[C@H](C)[C@@H](O)CC1=O)[C@H](C)C[C@@H]2OC. The molecule has 0 radical (unpaired) electrons. The highest BCUT2D eigenvalue weighted by Crippen LogP contribution is 2.39. The van der Waals surface area contributed by atoms with Crippen LogP contribution >= 0.6 is 0 Å². The lowest BCUT2D eigenvalue weighted by Gasteiger charge is -2.45. The van der Waals surface area contributed by atoms with Gasteiger partial charge >= 0.3 is 12.0 Å². The van der Waals surface area contributed by atoms with Crippen LogP contribution in [-0.4, -0.2) is 125 Å². The van der Waals surface area contributed by atoms with E-state index in [0.29, 0.717) is 82.2 Å². The van der Waals surface area contributed by atoms with E-state index >= 15 is 0 Å². The van der Waals surface area contributed by atoms with Gasteiger partial charge < -0.3 is 54.4 Å². The summed E-state index contributed by atoms with van der Waals surface area (Å²) in [6.45, 7) is 12.7. The molecule has 2 bridgehead atoms. The van der Waals surface area contributed by atoms with Gasteiger partial charge in [-0.1, -0.05) is 40.7 Å². The Balaban J connectivity index is 1.24. The second kappa shape index (κ2) is 24.2. The number of hydrogen-bond acceptors (Lipinski definition) is 12. The highest BCUT2D eigenvalue weighted by atomic mass is 16.7. The monoisotopic (exact) mass is 965 g/mol. The molecule has 1 aliphatic carbocycles. The van der Waals surface area contributed by atoms with Gasteiger partial charge in [0, 0.05) is 75.1 Å². The first kappa shape index (κ1) is 54.0. The molecule has 1 aromatic heterocycles. The number of cyclic esters (lactones) is 1. The van der Waals surface area contributed by atoms with Gasteiger partial charge in [0.05, 0.1) is 24.4 Å². The number of carbonyl (C=O) groups is 5. The number of nitrogens with two attached hydrogens (primary N) is 1. The first-order valence-corrected chi connectivity index (χ1v) is 25.6. The summed E-state index contributed by atoms with van der Waals surface area (Å²) in [4.78, 5) is 69.5. The number of urea groups is 1. The Hall–Kier alpha value is -4.35. The van der Waals surface area contributed by atoms with E-state index in [2.05, 4.69) is 25.2 Å². The van der Waals surface area contributed by atoms with Crippen molar-refractivity contribution in [2.24, 2.45) is 41.2 Å². The summed E-state index contributed by atoms with van der Waals surface area (Å²) in [5.41, 5.74) is 6.92. The maximum absolute atomic E-state index is 14.5. The van der Waals surface area contributed by atoms with E-state index in [4.69, 9.17) is 29.4 Å². The maximum Gasteiger partial charge on any atom is 0.329 e. The van der Waals surface area contributed by atoms with Crippen molar-refractivity contribution in [2.75, 3.05) is 27.3 Å². The van der Waals surface area contributed by atoms with Crippen molar-refractivity contribution >= 4 is 40.4 Å². The molecule has 4 aliphatic rings. The topological polar surface area (TPSA) is 218 Å². The van der Waals surface area contributed by atoms with Crippen molar-refractivity contribution in [2.45, 2.75) is 180 Å². The standard InChI is InChI=1S/C53H80N4O12/c1-9-37-25-32(3)24-31(2)13-17-45-46(65-7)27-34(5)53(64,69-45)49(60)50(61)57-21-11-10-12-41(57)51(62)68-48(35(6)42(58)30-43(37)59)33(4)26-36-14-18-44(47(28-36)66-8)67-39-15-16-40-38(29-39)19-22-56(40)23-20-55-52(54)63/h15-16,19,22,26,29,31-32,34-37,41-42,44-48,58,64H,9-14,17-18,20-21,23-25,27-28,30H2,1-8H3,(H3,54,55,63)/b33-26+/t31-,32?,34-,35-,36+,37-,41+,42+,44-,45-,46+,47-,48-,53-/m1/s1. The Kier molecular flexibility index (Phi) is 18.9. The van der Waals surface area contributed by atoms with Crippen LogP contribution in [0.4, 0.5) is 4.79 Å². The molecule has 14 atom stereocenters. The number of carbonyl (C=O) groups excluding carboxylic acids is 5.